The van der Waals surface area contributed by atoms with E-state index in [1.54, 1.807) is 6.08 Å². The highest BCUT2D eigenvalue weighted by Crippen LogP contribution is 2.07. The first kappa shape index (κ1) is 8.21. The van der Waals surface area contributed by atoms with E-state index in [2.05, 4.69) is 6.58 Å². The molecule has 0 radical (unpaired) electrons. The monoisotopic (exact) mass is 128 g/mol. The number of carboxylic acids is 1. The van der Waals surface area contributed by atoms with Crippen LogP contribution in [0.2, 0.25) is 0 Å². The fourth-order valence-electron chi connectivity index (χ4n) is 0.619. The van der Waals surface area contributed by atoms with Gasteiger partial charge in [0.1, 0.15) is 0 Å². The lowest BCUT2D eigenvalue weighted by molar-refractivity contribution is -0.137. The van der Waals surface area contributed by atoms with Gasteiger partial charge < -0.3 is 5.11 Å². The Balaban J connectivity index is 3.55. The van der Waals surface area contributed by atoms with Gasteiger partial charge in [-0.3, -0.25) is 4.79 Å². The molecular weight excluding hydrogens is 116 g/mol. The molecule has 0 saturated carbocycles. The summed E-state index contributed by atoms with van der Waals surface area (Å²) in [5.74, 6) is -0.607. The minimum absolute atomic E-state index is 0.141. The molecule has 0 rings (SSSR count). The van der Waals surface area contributed by atoms with Crippen LogP contribution in [0.1, 0.15) is 19.8 Å². The molecule has 0 bridgehead atoms. The second kappa shape index (κ2) is 4.13. The zero-order valence-corrected chi connectivity index (χ0v) is 5.63. The smallest absolute Gasteiger partial charge is 0.303 e. The van der Waals surface area contributed by atoms with E-state index in [9.17, 15) is 4.79 Å². The van der Waals surface area contributed by atoms with Crippen molar-refractivity contribution in [3.05, 3.63) is 12.7 Å². The first-order valence-electron chi connectivity index (χ1n) is 3.05. The highest BCUT2D eigenvalue weighted by atomic mass is 16.4. The molecule has 0 aromatic carbocycles. The molecule has 0 aliphatic heterocycles. The summed E-state index contributed by atoms with van der Waals surface area (Å²) < 4.78 is 0. The van der Waals surface area contributed by atoms with Gasteiger partial charge in [0.15, 0.2) is 0 Å². The molecule has 2 nitrogen and oxygen atoms in total. The van der Waals surface area contributed by atoms with Gasteiger partial charge in [-0.05, 0) is 12.3 Å². The Kier molecular flexibility index (Phi) is 3.76. The summed E-state index contributed by atoms with van der Waals surface area (Å²) in [5, 5.41) is 8.30. The maximum absolute atomic E-state index is 10.1. The molecule has 9 heavy (non-hydrogen) atoms. The SMILES string of the molecule is C=CC(CC)CC(=O)O. The Labute approximate surface area is 55.2 Å². The number of aliphatic carboxylic acids is 1. The predicted octanol–water partition coefficient (Wildman–Crippen LogP) is 1.67. The zero-order valence-electron chi connectivity index (χ0n) is 5.63. The van der Waals surface area contributed by atoms with Crippen molar-refractivity contribution in [1.29, 1.82) is 0 Å². The summed E-state index contributed by atoms with van der Waals surface area (Å²) in [6.45, 7) is 5.48. The largest absolute Gasteiger partial charge is 0.481 e. The summed E-state index contributed by atoms with van der Waals surface area (Å²) in [4.78, 5) is 10.1. The minimum Gasteiger partial charge on any atom is -0.481 e. The van der Waals surface area contributed by atoms with E-state index in [0.29, 0.717) is 0 Å². The van der Waals surface area contributed by atoms with Crippen LogP contribution in [0.4, 0.5) is 0 Å². The molecule has 2 heteroatoms. The number of rotatable bonds is 4. The maximum Gasteiger partial charge on any atom is 0.303 e. The molecule has 1 N–H and O–H groups in total. The zero-order chi connectivity index (χ0) is 7.28. The van der Waals surface area contributed by atoms with Crippen molar-refractivity contribution in [2.45, 2.75) is 19.8 Å². The molecule has 0 aromatic rings. The van der Waals surface area contributed by atoms with E-state index in [1.807, 2.05) is 6.92 Å². The Morgan fingerprint density at radius 1 is 1.89 bits per heavy atom. The van der Waals surface area contributed by atoms with Gasteiger partial charge in [0.2, 0.25) is 0 Å². The lowest BCUT2D eigenvalue weighted by Crippen LogP contribution is -2.03. The van der Waals surface area contributed by atoms with Crippen LogP contribution in [0, 0.1) is 5.92 Å². The Hall–Kier alpha value is -0.790. The molecule has 0 amide bonds. The highest BCUT2D eigenvalue weighted by Gasteiger charge is 2.05. The molecule has 0 spiro atoms. The van der Waals surface area contributed by atoms with Crippen LogP contribution in [-0.2, 0) is 4.79 Å². The number of carboxylic acid groups (broad SMARTS) is 1. The molecule has 0 saturated heterocycles. The molecule has 52 valence electrons. The van der Waals surface area contributed by atoms with E-state index in [1.165, 1.54) is 0 Å². The molecule has 0 aliphatic carbocycles. The van der Waals surface area contributed by atoms with Crippen molar-refractivity contribution in [2.24, 2.45) is 5.92 Å². The van der Waals surface area contributed by atoms with Gasteiger partial charge in [-0.15, -0.1) is 6.58 Å². The van der Waals surface area contributed by atoms with Gasteiger partial charge >= 0.3 is 5.97 Å². The molecule has 0 heterocycles. The van der Waals surface area contributed by atoms with Crippen molar-refractivity contribution >= 4 is 5.97 Å². The molecule has 1 atom stereocenters. The normalized spacial score (nSPS) is 12.6. The van der Waals surface area contributed by atoms with Gasteiger partial charge in [-0.25, -0.2) is 0 Å². The quantitative estimate of drug-likeness (QED) is 0.585. The number of hydrogen-bond acceptors (Lipinski definition) is 1. The van der Waals surface area contributed by atoms with Crippen LogP contribution in [0.3, 0.4) is 0 Å². The Bertz CT molecular complexity index is 107. The third-order valence-corrected chi connectivity index (χ3v) is 1.29. The maximum atomic E-state index is 10.1. The highest BCUT2D eigenvalue weighted by molar-refractivity contribution is 5.67. The second-order valence-electron chi connectivity index (χ2n) is 2.00. The van der Waals surface area contributed by atoms with Gasteiger partial charge in [-0.2, -0.15) is 0 Å². The minimum atomic E-state index is -0.748. The lowest BCUT2D eigenvalue weighted by atomic mass is 10.0. The Morgan fingerprint density at radius 3 is 2.56 bits per heavy atom. The average molecular weight is 128 g/mol. The van der Waals surface area contributed by atoms with Crippen molar-refractivity contribution in [1.82, 2.24) is 0 Å². The summed E-state index contributed by atoms with van der Waals surface area (Å²) in [5.41, 5.74) is 0. The second-order valence-corrected chi connectivity index (χ2v) is 2.00. The third kappa shape index (κ3) is 3.76. The first-order valence-corrected chi connectivity index (χ1v) is 3.05. The van der Waals surface area contributed by atoms with Crippen molar-refractivity contribution in [3.8, 4) is 0 Å². The molecule has 0 aliphatic rings. The first-order chi connectivity index (χ1) is 4.20. The number of carbonyl (C=O) groups is 1. The average Bonchev–Trinajstić information content (AvgIpc) is 1.82. The standard InChI is InChI=1S/C7H12O2/c1-3-6(4-2)5-7(8)9/h3,6H,1,4-5H2,2H3,(H,8,9). The molecule has 0 fully saturated rings. The Morgan fingerprint density at radius 2 is 2.44 bits per heavy atom. The van der Waals surface area contributed by atoms with Gasteiger partial charge in [-0.1, -0.05) is 13.0 Å². The topological polar surface area (TPSA) is 37.3 Å². The fraction of sp³-hybridized carbons (Fsp3) is 0.571. The van der Waals surface area contributed by atoms with Crippen LogP contribution in [0.15, 0.2) is 12.7 Å². The molecule has 1 unspecified atom stereocenters. The van der Waals surface area contributed by atoms with E-state index in [4.69, 9.17) is 5.11 Å². The van der Waals surface area contributed by atoms with E-state index < -0.39 is 5.97 Å². The van der Waals surface area contributed by atoms with Gasteiger partial charge in [0, 0.05) is 0 Å². The molecular formula is C7H12O2. The van der Waals surface area contributed by atoms with Crippen LogP contribution in [-0.4, -0.2) is 11.1 Å². The van der Waals surface area contributed by atoms with Gasteiger partial charge in [0.25, 0.3) is 0 Å². The number of hydrogen-bond donors (Lipinski definition) is 1. The summed E-state index contributed by atoms with van der Waals surface area (Å²) in [6.07, 6.45) is 2.75. The van der Waals surface area contributed by atoms with E-state index in [0.717, 1.165) is 6.42 Å². The van der Waals surface area contributed by atoms with Gasteiger partial charge in [0.05, 0.1) is 6.42 Å². The molecule has 0 aromatic heterocycles. The van der Waals surface area contributed by atoms with Crippen LogP contribution < -0.4 is 0 Å². The third-order valence-electron chi connectivity index (χ3n) is 1.29. The van der Waals surface area contributed by atoms with Crippen LogP contribution >= 0.6 is 0 Å². The predicted molar refractivity (Wildman–Crippen MR) is 36.2 cm³/mol. The summed E-state index contributed by atoms with van der Waals surface area (Å²) >= 11 is 0. The lowest BCUT2D eigenvalue weighted by Gasteiger charge is -2.02. The van der Waals surface area contributed by atoms with Crippen molar-refractivity contribution in [2.75, 3.05) is 0 Å². The summed E-state index contributed by atoms with van der Waals surface area (Å²) in [6, 6.07) is 0. The summed E-state index contributed by atoms with van der Waals surface area (Å²) in [7, 11) is 0. The van der Waals surface area contributed by atoms with Crippen molar-refractivity contribution < 1.29 is 9.90 Å². The van der Waals surface area contributed by atoms with E-state index >= 15 is 0 Å². The fourth-order valence-corrected chi connectivity index (χ4v) is 0.619. The van der Waals surface area contributed by atoms with Crippen LogP contribution in [0.25, 0.3) is 0 Å². The van der Waals surface area contributed by atoms with Crippen LogP contribution in [0.5, 0.6) is 0 Å². The number of allylic oxidation sites excluding steroid dienone is 1. The van der Waals surface area contributed by atoms with Crippen molar-refractivity contribution in [3.63, 3.8) is 0 Å². The van der Waals surface area contributed by atoms with E-state index in [-0.39, 0.29) is 12.3 Å².